The molecular weight excluding hydrogens is 286 g/mol. The van der Waals surface area contributed by atoms with E-state index in [1.165, 1.54) is 0 Å². The molecule has 0 amide bonds. The van der Waals surface area contributed by atoms with Gasteiger partial charge in [-0.25, -0.2) is 0 Å². The first kappa shape index (κ1) is 15.1. The van der Waals surface area contributed by atoms with Gasteiger partial charge >= 0.3 is 0 Å². The fourth-order valence-corrected chi connectivity index (χ4v) is 2.21. The standard InChI is InChI=1S/C19H19N3O/c20-16-8-6-15(7-9-16)13-23-14-19-12-18(10-11-21-19)22-17-4-2-1-3-5-17/h1-12H,13-14,20H2,(H,21,22). The lowest BCUT2D eigenvalue weighted by Gasteiger charge is -2.08. The van der Waals surface area contributed by atoms with Crippen LogP contribution in [-0.2, 0) is 18.0 Å². The lowest BCUT2D eigenvalue weighted by atomic mass is 10.2. The first-order valence-electron chi connectivity index (χ1n) is 7.49. The van der Waals surface area contributed by atoms with Crippen LogP contribution in [0.25, 0.3) is 0 Å². The van der Waals surface area contributed by atoms with E-state index in [2.05, 4.69) is 10.3 Å². The number of ether oxygens (including phenoxy) is 1. The molecule has 0 radical (unpaired) electrons. The average molecular weight is 305 g/mol. The smallest absolute Gasteiger partial charge is 0.0893 e. The lowest BCUT2D eigenvalue weighted by Crippen LogP contribution is -1.98. The van der Waals surface area contributed by atoms with E-state index >= 15 is 0 Å². The third-order valence-corrected chi connectivity index (χ3v) is 3.38. The first-order valence-corrected chi connectivity index (χ1v) is 7.49. The predicted molar refractivity (Wildman–Crippen MR) is 93.3 cm³/mol. The molecule has 116 valence electrons. The number of nitrogen functional groups attached to an aromatic ring is 1. The zero-order valence-electron chi connectivity index (χ0n) is 12.8. The van der Waals surface area contributed by atoms with Crippen LogP contribution in [0.3, 0.4) is 0 Å². The van der Waals surface area contributed by atoms with E-state index in [0.29, 0.717) is 13.2 Å². The maximum Gasteiger partial charge on any atom is 0.0893 e. The average Bonchev–Trinajstić information content (AvgIpc) is 2.58. The van der Waals surface area contributed by atoms with Crippen LogP contribution in [-0.4, -0.2) is 4.98 Å². The number of hydrogen-bond acceptors (Lipinski definition) is 4. The van der Waals surface area contributed by atoms with Gasteiger partial charge in [0.05, 0.1) is 18.9 Å². The molecule has 0 aliphatic heterocycles. The molecule has 1 aromatic heterocycles. The Bertz CT molecular complexity index is 742. The Morgan fingerprint density at radius 2 is 1.65 bits per heavy atom. The van der Waals surface area contributed by atoms with Gasteiger partial charge in [-0.15, -0.1) is 0 Å². The molecule has 0 spiro atoms. The van der Waals surface area contributed by atoms with Crippen molar-refractivity contribution in [2.75, 3.05) is 11.1 Å². The molecule has 3 aromatic rings. The number of rotatable bonds is 6. The summed E-state index contributed by atoms with van der Waals surface area (Å²) in [4.78, 5) is 4.34. The monoisotopic (exact) mass is 305 g/mol. The van der Waals surface area contributed by atoms with Crippen molar-refractivity contribution in [2.24, 2.45) is 0 Å². The molecule has 0 unspecified atom stereocenters. The summed E-state index contributed by atoms with van der Waals surface area (Å²) < 4.78 is 5.72. The molecule has 3 rings (SSSR count). The second-order valence-electron chi connectivity index (χ2n) is 5.26. The SMILES string of the molecule is Nc1ccc(COCc2cc(Nc3ccccc3)ccn2)cc1. The van der Waals surface area contributed by atoms with E-state index in [9.17, 15) is 0 Å². The quantitative estimate of drug-likeness (QED) is 0.672. The predicted octanol–water partition coefficient (Wildman–Crippen LogP) is 4.12. The molecule has 2 aromatic carbocycles. The van der Waals surface area contributed by atoms with Crippen molar-refractivity contribution < 1.29 is 4.74 Å². The summed E-state index contributed by atoms with van der Waals surface area (Å²) in [6.07, 6.45) is 1.78. The summed E-state index contributed by atoms with van der Waals surface area (Å²) in [6, 6.07) is 21.7. The molecule has 0 atom stereocenters. The number of nitrogens with two attached hydrogens (primary N) is 1. The maximum absolute atomic E-state index is 5.72. The van der Waals surface area contributed by atoms with E-state index in [4.69, 9.17) is 10.5 Å². The maximum atomic E-state index is 5.72. The number of aromatic nitrogens is 1. The second kappa shape index (κ2) is 7.42. The summed E-state index contributed by atoms with van der Waals surface area (Å²) in [7, 11) is 0. The van der Waals surface area contributed by atoms with Gasteiger partial charge in [0.15, 0.2) is 0 Å². The Hall–Kier alpha value is -2.85. The topological polar surface area (TPSA) is 60.2 Å². The summed E-state index contributed by atoms with van der Waals surface area (Å²) in [6.45, 7) is 1.01. The van der Waals surface area contributed by atoms with Gasteiger partial charge in [-0.1, -0.05) is 30.3 Å². The van der Waals surface area contributed by atoms with Crippen molar-refractivity contribution in [1.82, 2.24) is 4.98 Å². The van der Waals surface area contributed by atoms with Crippen LogP contribution in [0.2, 0.25) is 0 Å². The van der Waals surface area contributed by atoms with E-state index in [1.807, 2.05) is 66.7 Å². The zero-order valence-corrected chi connectivity index (χ0v) is 12.8. The molecule has 4 nitrogen and oxygen atoms in total. The minimum absolute atomic E-state index is 0.467. The Morgan fingerprint density at radius 1 is 0.870 bits per heavy atom. The van der Waals surface area contributed by atoms with E-state index in [0.717, 1.165) is 28.3 Å². The van der Waals surface area contributed by atoms with Crippen LogP contribution in [0.15, 0.2) is 72.9 Å². The third kappa shape index (κ3) is 4.56. The highest BCUT2D eigenvalue weighted by Gasteiger charge is 2.00. The van der Waals surface area contributed by atoms with E-state index in [1.54, 1.807) is 6.20 Å². The Morgan fingerprint density at radius 3 is 2.43 bits per heavy atom. The minimum Gasteiger partial charge on any atom is -0.399 e. The van der Waals surface area contributed by atoms with Crippen molar-refractivity contribution in [2.45, 2.75) is 13.2 Å². The third-order valence-electron chi connectivity index (χ3n) is 3.38. The van der Waals surface area contributed by atoms with Crippen LogP contribution in [0.5, 0.6) is 0 Å². The number of anilines is 3. The first-order chi connectivity index (χ1) is 11.3. The molecule has 1 heterocycles. The second-order valence-corrected chi connectivity index (χ2v) is 5.26. The van der Waals surface area contributed by atoms with Crippen molar-refractivity contribution in [3.63, 3.8) is 0 Å². The number of benzene rings is 2. The molecular formula is C19H19N3O. The van der Waals surface area contributed by atoms with Crippen molar-refractivity contribution >= 4 is 17.1 Å². The van der Waals surface area contributed by atoms with Gasteiger partial charge in [-0.3, -0.25) is 4.98 Å². The van der Waals surface area contributed by atoms with Gasteiger partial charge < -0.3 is 15.8 Å². The van der Waals surface area contributed by atoms with Crippen LogP contribution in [0.4, 0.5) is 17.1 Å². The van der Waals surface area contributed by atoms with Gasteiger partial charge in [-0.05, 0) is 42.0 Å². The van der Waals surface area contributed by atoms with Crippen LogP contribution in [0.1, 0.15) is 11.3 Å². The molecule has 3 N–H and O–H groups in total. The summed E-state index contributed by atoms with van der Waals surface area (Å²) in [5.41, 5.74) is 10.5. The van der Waals surface area contributed by atoms with Gasteiger partial charge in [0.2, 0.25) is 0 Å². The summed E-state index contributed by atoms with van der Waals surface area (Å²) in [5, 5.41) is 3.35. The highest BCUT2D eigenvalue weighted by atomic mass is 16.5. The Balaban J connectivity index is 1.56. The highest BCUT2D eigenvalue weighted by molar-refractivity contribution is 5.59. The normalized spacial score (nSPS) is 10.4. The summed E-state index contributed by atoms with van der Waals surface area (Å²) >= 11 is 0. The number of para-hydroxylation sites is 1. The molecule has 0 fully saturated rings. The van der Waals surface area contributed by atoms with Gasteiger partial charge in [-0.2, -0.15) is 0 Å². The number of pyridine rings is 1. The number of hydrogen-bond donors (Lipinski definition) is 2. The molecule has 0 bridgehead atoms. The fraction of sp³-hybridized carbons (Fsp3) is 0.105. The molecule has 23 heavy (non-hydrogen) atoms. The van der Waals surface area contributed by atoms with E-state index in [-0.39, 0.29) is 0 Å². The van der Waals surface area contributed by atoms with Crippen molar-refractivity contribution in [3.05, 3.63) is 84.2 Å². The van der Waals surface area contributed by atoms with Gasteiger partial charge in [0.25, 0.3) is 0 Å². The Kier molecular flexibility index (Phi) is 4.86. The number of nitrogens with one attached hydrogen (secondary N) is 1. The fourth-order valence-electron chi connectivity index (χ4n) is 2.21. The molecule has 0 aliphatic rings. The lowest BCUT2D eigenvalue weighted by molar-refractivity contribution is 0.104. The van der Waals surface area contributed by atoms with Crippen LogP contribution < -0.4 is 11.1 Å². The zero-order chi connectivity index (χ0) is 15.9. The minimum atomic E-state index is 0.467. The van der Waals surface area contributed by atoms with Crippen molar-refractivity contribution in [3.8, 4) is 0 Å². The van der Waals surface area contributed by atoms with Crippen LogP contribution in [0, 0.1) is 0 Å². The molecule has 0 saturated carbocycles. The largest absolute Gasteiger partial charge is 0.399 e. The number of nitrogens with zero attached hydrogens (tertiary/aromatic N) is 1. The van der Waals surface area contributed by atoms with E-state index < -0.39 is 0 Å². The van der Waals surface area contributed by atoms with Crippen molar-refractivity contribution in [1.29, 1.82) is 0 Å². The molecule has 4 heteroatoms. The summed E-state index contributed by atoms with van der Waals surface area (Å²) in [5.74, 6) is 0. The highest BCUT2D eigenvalue weighted by Crippen LogP contribution is 2.16. The Labute approximate surface area is 135 Å². The molecule has 0 aliphatic carbocycles. The van der Waals surface area contributed by atoms with Crippen LogP contribution >= 0.6 is 0 Å². The van der Waals surface area contributed by atoms with Gasteiger partial charge in [0, 0.05) is 23.3 Å². The van der Waals surface area contributed by atoms with Gasteiger partial charge in [0.1, 0.15) is 0 Å². The molecule has 0 saturated heterocycles.